The zero-order valence-corrected chi connectivity index (χ0v) is 16.9. The molecule has 1 aliphatic heterocycles. The maximum atomic E-state index is 6.44. The number of fused-ring (bicyclic) bond motifs is 1. The molecule has 0 bridgehead atoms. The summed E-state index contributed by atoms with van der Waals surface area (Å²) in [4.78, 5) is 18.0. The summed E-state index contributed by atoms with van der Waals surface area (Å²) >= 11 is 1.66. The molecular weight excluding hydrogens is 370 g/mol. The molecule has 7 nitrogen and oxygen atoms in total. The number of pyridine rings is 1. The van der Waals surface area contributed by atoms with E-state index in [0.717, 1.165) is 52.9 Å². The lowest BCUT2D eigenvalue weighted by molar-refractivity contribution is 0.196. The zero-order chi connectivity index (χ0) is 19.1. The van der Waals surface area contributed by atoms with Gasteiger partial charge in [0, 0.05) is 42.6 Å². The van der Waals surface area contributed by atoms with E-state index >= 15 is 0 Å². The summed E-state index contributed by atoms with van der Waals surface area (Å²) in [5.41, 5.74) is 8.77. The zero-order valence-electron chi connectivity index (χ0n) is 16.1. The van der Waals surface area contributed by atoms with E-state index in [4.69, 9.17) is 10.7 Å². The van der Waals surface area contributed by atoms with Crippen molar-refractivity contribution in [3.63, 3.8) is 0 Å². The number of rotatable bonds is 3. The van der Waals surface area contributed by atoms with Crippen LogP contribution in [0.4, 0.5) is 5.95 Å². The van der Waals surface area contributed by atoms with Crippen LogP contribution >= 0.6 is 11.8 Å². The quantitative estimate of drug-likeness (QED) is 0.729. The highest BCUT2D eigenvalue weighted by molar-refractivity contribution is 7.99. The minimum absolute atomic E-state index is 0.340. The van der Waals surface area contributed by atoms with Crippen LogP contribution in [0.5, 0.6) is 0 Å². The molecule has 0 unspecified atom stereocenters. The van der Waals surface area contributed by atoms with E-state index in [1.165, 1.54) is 19.3 Å². The Morgan fingerprint density at radius 1 is 1.14 bits per heavy atom. The summed E-state index contributed by atoms with van der Waals surface area (Å²) in [6, 6.07) is 2.38. The molecule has 1 saturated heterocycles. The van der Waals surface area contributed by atoms with Gasteiger partial charge in [-0.1, -0.05) is 18.2 Å². The Balaban J connectivity index is 1.41. The van der Waals surface area contributed by atoms with Crippen LogP contribution in [0.3, 0.4) is 0 Å². The van der Waals surface area contributed by atoms with Crippen molar-refractivity contribution in [1.82, 2.24) is 24.6 Å². The van der Waals surface area contributed by atoms with Crippen LogP contribution < -0.4 is 10.6 Å². The smallest absolute Gasteiger partial charge is 0.228 e. The highest BCUT2D eigenvalue weighted by Gasteiger charge is 2.43. The van der Waals surface area contributed by atoms with Gasteiger partial charge in [-0.15, -0.1) is 0 Å². The van der Waals surface area contributed by atoms with Gasteiger partial charge in [0.05, 0.1) is 4.90 Å². The summed E-state index contributed by atoms with van der Waals surface area (Å²) < 4.78 is 1.88. The number of nitrogens with two attached hydrogens (primary N) is 1. The highest BCUT2D eigenvalue weighted by Crippen LogP contribution is 2.46. The summed E-state index contributed by atoms with van der Waals surface area (Å²) in [6.07, 6.45) is 13.2. The van der Waals surface area contributed by atoms with Gasteiger partial charge < -0.3 is 10.6 Å². The molecule has 0 aromatic carbocycles. The van der Waals surface area contributed by atoms with E-state index < -0.39 is 0 Å². The normalized spacial score (nSPS) is 21.6. The first-order valence-corrected chi connectivity index (χ1v) is 10.8. The predicted molar refractivity (Wildman–Crippen MR) is 110 cm³/mol. The van der Waals surface area contributed by atoms with Gasteiger partial charge in [-0.2, -0.15) is 9.61 Å². The Morgan fingerprint density at radius 3 is 2.75 bits per heavy atom. The van der Waals surface area contributed by atoms with E-state index in [1.54, 1.807) is 18.1 Å². The molecule has 8 heteroatoms. The summed E-state index contributed by atoms with van der Waals surface area (Å²) in [7, 11) is 0. The van der Waals surface area contributed by atoms with Gasteiger partial charge in [0.1, 0.15) is 6.33 Å². The van der Waals surface area contributed by atoms with Crippen LogP contribution in [0.2, 0.25) is 0 Å². The van der Waals surface area contributed by atoms with Crippen molar-refractivity contribution >= 4 is 23.4 Å². The molecule has 1 aliphatic carbocycles. The molecule has 2 aliphatic rings. The van der Waals surface area contributed by atoms with Crippen molar-refractivity contribution in [3.8, 4) is 0 Å². The minimum Gasteiger partial charge on any atom is -0.341 e. The molecule has 3 aromatic heterocycles. The summed E-state index contributed by atoms with van der Waals surface area (Å²) in [5.74, 6) is 0.879. The Kier molecular flexibility index (Phi) is 4.47. The number of piperidine rings is 1. The Bertz CT molecular complexity index is 993. The van der Waals surface area contributed by atoms with E-state index in [-0.39, 0.29) is 0 Å². The van der Waals surface area contributed by atoms with Crippen LogP contribution in [0, 0.1) is 12.3 Å². The van der Waals surface area contributed by atoms with Gasteiger partial charge >= 0.3 is 0 Å². The molecule has 0 amide bonds. The Morgan fingerprint density at radius 2 is 2.00 bits per heavy atom. The molecule has 2 N–H and O–H groups in total. The van der Waals surface area contributed by atoms with Gasteiger partial charge in [-0.25, -0.2) is 9.97 Å². The second-order valence-corrected chi connectivity index (χ2v) is 9.09. The second kappa shape index (κ2) is 7.00. The first kappa shape index (κ1) is 17.9. The topological polar surface area (TPSA) is 85.2 Å². The van der Waals surface area contributed by atoms with Crippen LogP contribution in [0.15, 0.2) is 40.8 Å². The maximum Gasteiger partial charge on any atom is 0.228 e. The molecule has 4 heterocycles. The first-order chi connectivity index (χ1) is 13.7. The molecule has 5 rings (SSSR count). The van der Waals surface area contributed by atoms with Crippen molar-refractivity contribution in [2.24, 2.45) is 11.1 Å². The molecule has 1 spiro atoms. The Labute approximate surface area is 168 Å². The monoisotopic (exact) mass is 395 g/mol. The van der Waals surface area contributed by atoms with Crippen LogP contribution in [0.1, 0.15) is 37.7 Å². The second-order valence-electron chi connectivity index (χ2n) is 8.01. The number of anilines is 1. The van der Waals surface area contributed by atoms with Crippen molar-refractivity contribution in [2.45, 2.75) is 54.9 Å². The third kappa shape index (κ3) is 2.95. The van der Waals surface area contributed by atoms with Crippen LogP contribution in [0.25, 0.3) is 5.65 Å². The molecular formula is C20H25N7S. The van der Waals surface area contributed by atoms with Gasteiger partial charge in [0.25, 0.3) is 0 Å². The lowest BCUT2D eigenvalue weighted by atomic mass is 9.74. The third-order valence-corrected chi connectivity index (χ3v) is 7.65. The summed E-state index contributed by atoms with van der Waals surface area (Å²) in [6.45, 7) is 4.02. The average molecular weight is 396 g/mol. The fraction of sp³-hybridized carbons (Fsp3) is 0.500. The lowest BCUT2D eigenvalue weighted by Gasteiger charge is -2.42. The van der Waals surface area contributed by atoms with Gasteiger partial charge in [0.15, 0.2) is 5.65 Å². The molecule has 0 radical (unpaired) electrons. The maximum absolute atomic E-state index is 6.44. The molecule has 2 fully saturated rings. The van der Waals surface area contributed by atoms with Crippen molar-refractivity contribution < 1.29 is 0 Å². The van der Waals surface area contributed by atoms with Crippen molar-refractivity contribution in [3.05, 3.63) is 36.5 Å². The number of nitrogens with zero attached hydrogens (tertiary/aromatic N) is 6. The molecule has 146 valence electrons. The summed E-state index contributed by atoms with van der Waals surface area (Å²) in [5, 5.41) is 4.47. The molecule has 1 atom stereocenters. The van der Waals surface area contributed by atoms with Crippen molar-refractivity contribution in [2.75, 3.05) is 18.0 Å². The molecule has 1 saturated carbocycles. The Hall–Kier alpha value is -2.19. The first-order valence-electron chi connectivity index (χ1n) is 9.94. The number of hydrogen-bond donors (Lipinski definition) is 1. The number of aryl methyl sites for hydroxylation is 1. The largest absolute Gasteiger partial charge is 0.341 e. The van der Waals surface area contributed by atoms with Crippen LogP contribution in [-0.4, -0.2) is 43.7 Å². The highest BCUT2D eigenvalue weighted by atomic mass is 32.2. The fourth-order valence-corrected chi connectivity index (χ4v) is 5.62. The minimum atomic E-state index is 0.340. The van der Waals surface area contributed by atoms with E-state index in [0.29, 0.717) is 11.5 Å². The lowest BCUT2D eigenvalue weighted by Crippen LogP contribution is -2.47. The van der Waals surface area contributed by atoms with Gasteiger partial charge in [-0.05, 0) is 49.7 Å². The average Bonchev–Trinajstić information content (AvgIpc) is 3.33. The SMILES string of the molecule is Cc1cnccc1Sc1cnc(N2CCC3(CCC[C@H]3N)CC2)n2ncnc12. The van der Waals surface area contributed by atoms with E-state index in [2.05, 4.69) is 26.9 Å². The fourth-order valence-electron chi connectivity index (χ4n) is 4.70. The predicted octanol–water partition coefficient (Wildman–Crippen LogP) is 3.08. The van der Waals surface area contributed by atoms with Crippen LogP contribution in [-0.2, 0) is 0 Å². The van der Waals surface area contributed by atoms with E-state index in [1.807, 2.05) is 29.2 Å². The van der Waals surface area contributed by atoms with Crippen molar-refractivity contribution in [1.29, 1.82) is 0 Å². The number of aromatic nitrogens is 5. The third-order valence-electron chi connectivity index (χ3n) is 6.46. The standard InChI is InChI=1S/C20H25N7S/c1-14-11-22-8-4-15(14)28-16-12-23-19(27-18(16)24-13-25-27)26-9-6-20(7-10-26)5-2-3-17(20)21/h4,8,11-13,17H,2-3,5-7,9-10,21H2,1H3/t17-/m1/s1. The molecule has 28 heavy (non-hydrogen) atoms. The van der Waals surface area contributed by atoms with Gasteiger partial charge in [-0.3, -0.25) is 4.98 Å². The molecule has 3 aromatic rings. The van der Waals surface area contributed by atoms with Gasteiger partial charge in [0.2, 0.25) is 5.95 Å². The van der Waals surface area contributed by atoms with E-state index in [9.17, 15) is 0 Å². The number of hydrogen-bond acceptors (Lipinski definition) is 7.